The molecule has 0 unspecified atom stereocenters. The quantitative estimate of drug-likeness (QED) is 0.852. The third kappa shape index (κ3) is 3.41. The molecular formula is C19H22FNO3. The Bertz CT molecular complexity index is 756. The van der Waals surface area contributed by atoms with E-state index >= 15 is 0 Å². The zero-order chi connectivity index (χ0) is 17.9. The van der Waals surface area contributed by atoms with E-state index in [9.17, 15) is 9.18 Å². The van der Waals surface area contributed by atoms with Crippen molar-refractivity contribution in [2.24, 2.45) is 5.73 Å². The summed E-state index contributed by atoms with van der Waals surface area (Å²) in [5.41, 5.74) is 7.72. The maximum atomic E-state index is 14.4. The number of hydrogen-bond donors (Lipinski definition) is 1. The summed E-state index contributed by atoms with van der Waals surface area (Å²) >= 11 is 0. The van der Waals surface area contributed by atoms with Crippen LogP contribution in [0.3, 0.4) is 0 Å². The SMILES string of the molecule is COC(=O)c1ccc(-c2cc(OC)ccc2F)c(C(C)(C)CN)c1. The topological polar surface area (TPSA) is 61.5 Å². The van der Waals surface area contributed by atoms with Gasteiger partial charge in [-0.15, -0.1) is 0 Å². The lowest BCUT2D eigenvalue weighted by Gasteiger charge is -2.27. The highest BCUT2D eigenvalue weighted by atomic mass is 19.1. The highest BCUT2D eigenvalue weighted by Gasteiger charge is 2.25. The van der Waals surface area contributed by atoms with Crippen molar-refractivity contribution in [3.8, 4) is 16.9 Å². The lowest BCUT2D eigenvalue weighted by atomic mass is 9.79. The fourth-order valence-corrected chi connectivity index (χ4v) is 2.53. The number of nitrogens with two attached hydrogens (primary N) is 1. The smallest absolute Gasteiger partial charge is 0.337 e. The monoisotopic (exact) mass is 331 g/mol. The molecule has 0 bridgehead atoms. The van der Waals surface area contributed by atoms with Crippen molar-refractivity contribution in [3.63, 3.8) is 0 Å². The number of methoxy groups -OCH3 is 2. The van der Waals surface area contributed by atoms with Gasteiger partial charge in [-0.2, -0.15) is 0 Å². The van der Waals surface area contributed by atoms with Crippen LogP contribution < -0.4 is 10.5 Å². The molecule has 5 heteroatoms. The van der Waals surface area contributed by atoms with Crippen LogP contribution in [-0.2, 0) is 10.2 Å². The molecule has 0 aliphatic carbocycles. The number of carbonyl (C=O) groups is 1. The Labute approximate surface area is 141 Å². The van der Waals surface area contributed by atoms with Gasteiger partial charge in [0.1, 0.15) is 11.6 Å². The zero-order valence-corrected chi connectivity index (χ0v) is 14.4. The Kier molecular flexibility index (Phi) is 5.24. The van der Waals surface area contributed by atoms with Gasteiger partial charge in [-0.3, -0.25) is 0 Å². The van der Waals surface area contributed by atoms with Crippen LogP contribution in [0.2, 0.25) is 0 Å². The molecule has 0 aromatic heterocycles. The van der Waals surface area contributed by atoms with E-state index in [0.29, 0.717) is 29.0 Å². The Balaban J connectivity index is 2.72. The number of rotatable bonds is 5. The first kappa shape index (κ1) is 17.9. The molecule has 0 saturated carbocycles. The fraction of sp³-hybridized carbons (Fsp3) is 0.316. The van der Waals surface area contributed by atoms with E-state index in [4.69, 9.17) is 15.2 Å². The van der Waals surface area contributed by atoms with E-state index in [-0.39, 0.29) is 5.82 Å². The predicted molar refractivity (Wildman–Crippen MR) is 91.8 cm³/mol. The third-order valence-electron chi connectivity index (χ3n) is 4.14. The van der Waals surface area contributed by atoms with E-state index in [1.54, 1.807) is 30.3 Å². The summed E-state index contributed by atoms with van der Waals surface area (Å²) in [7, 11) is 2.85. The zero-order valence-electron chi connectivity index (χ0n) is 14.4. The average molecular weight is 331 g/mol. The molecule has 2 rings (SSSR count). The van der Waals surface area contributed by atoms with Crippen LogP contribution >= 0.6 is 0 Å². The molecule has 128 valence electrons. The Morgan fingerprint density at radius 2 is 1.83 bits per heavy atom. The van der Waals surface area contributed by atoms with Gasteiger partial charge in [-0.05, 0) is 41.5 Å². The van der Waals surface area contributed by atoms with Gasteiger partial charge in [0.15, 0.2) is 0 Å². The summed E-state index contributed by atoms with van der Waals surface area (Å²) in [6.45, 7) is 4.24. The number of benzene rings is 2. The molecular weight excluding hydrogens is 309 g/mol. The molecule has 0 radical (unpaired) electrons. The molecule has 0 atom stereocenters. The van der Waals surface area contributed by atoms with Crippen molar-refractivity contribution in [1.82, 2.24) is 0 Å². The van der Waals surface area contributed by atoms with Crippen LogP contribution in [0.1, 0.15) is 29.8 Å². The highest BCUT2D eigenvalue weighted by Crippen LogP contribution is 2.36. The molecule has 0 saturated heterocycles. The lowest BCUT2D eigenvalue weighted by Crippen LogP contribution is -2.29. The van der Waals surface area contributed by atoms with Crippen molar-refractivity contribution in [2.45, 2.75) is 19.3 Å². The second-order valence-electron chi connectivity index (χ2n) is 6.19. The number of esters is 1. The molecule has 2 N–H and O–H groups in total. The van der Waals surface area contributed by atoms with Gasteiger partial charge in [0, 0.05) is 17.5 Å². The molecule has 0 spiro atoms. The average Bonchev–Trinajstić information content (AvgIpc) is 2.61. The minimum absolute atomic E-state index is 0.343. The molecule has 0 aliphatic rings. The molecule has 0 aliphatic heterocycles. The van der Waals surface area contributed by atoms with Gasteiger partial charge in [-0.25, -0.2) is 9.18 Å². The summed E-state index contributed by atoms with van der Waals surface area (Å²) in [6.07, 6.45) is 0. The Morgan fingerprint density at radius 3 is 2.42 bits per heavy atom. The van der Waals surface area contributed by atoms with Gasteiger partial charge >= 0.3 is 5.97 Å². The normalized spacial score (nSPS) is 11.2. The Morgan fingerprint density at radius 1 is 1.12 bits per heavy atom. The number of ether oxygens (including phenoxy) is 2. The second-order valence-corrected chi connectivity index (χ2v) is 6.19. The lowest BCUT2D eigenvalue weighted by molar-refractivity contribution is 0.0600. The van der Waals surface area contributed by atoms with Crippen LogP contribution in [0.5, 0.6) is 5.75 Å². The third-order valence-corrected chi connectivity index (χ3v) is 4.14. The molecule has 0 heterocycles. The van der Waals surface area contributed by atoms with Crippen LogP contribution in [0.15, 0.2) is 36.4 Å². The Hall–Kier alpha value is -2.40. The van der Waals surface area contributed by atoms with Crippen molar-refractivity contribution in [2.75, 3.05) is 20.8 Å². The highest BCUT2D eigenvalue weighted by molar-refractivity contribution is 5.91. The van der Waals surface area contributed by atoms with Crippen LogP contribution in [0.4, 0.5) is 4.39 Å². The molecule has 24 heavy (non-hydrogen) atoms. The summed E-state index contributed by atoms with van der Waals surface area (Å²) in [5.74, 6) is -0.252. The van der Waals surface area contributed by atoms with E-state index < -0.39 is 11.4 Å². The van der Waals surface area contributed by atoms with E-state index in [2.05, 4.69) is 0 Å². The van der Waals surface area contributed by atoms with Gasteiger partial charge in [-0.1, -0.05) is 19.9 Å². The van der Waals surface area contributed by atoms with Crippen molar-refractivity contribution < 1.29 is 18.7 Å². The van der Waals surface area contributed by atoms with E-state index in [0.717, 1.165) is 5.56 Å². The largest absolute Gasteiger partial charge is 0.497 e. The van der Waals surface area contributed by atoms with Gasteiger partial charge in [0.2, 0.25) is 0 Å². The van der Waals surface area contributed by atoms with E-state index in [1.807, 2.05) is 13.8 Å². The molecule has 4 nitrogen and oxygen atoms in total. The van der Waals surface area contributed by atoms with Crippen molar-refractivity contribution in [3.05, 3.63) is 53.3 Å². The summed E-state index contributed by atoms with van der Waals surface area (Å²) in [4.78, 5) is 11.8. The maximum Gasteiger partial charge on any atom is 0.337 e. The molecule has 2 aromatic rings. The minimum Gasteiger partial charge on any atom is -0.497 e. The summed E-state index contributed by atoms with van der Waals surface area (Å²) < 4.78 is 24.4. The second kappa shape index (κ2) is 7.01. The van der Waals surface area contributed by atoms with Crippen molar-refractivity contribution >= 4 is 5.97 Å². The van der Waals surface area contributed by atoms with Crippen LogP contribution in [-0.4, -0.2) is 26.7 Å². The maximum absolute atomic E-state index is 14.4. The number of hydrogen-bond acceptors (Lipinski definition) is 4. The standard InChI is InChI=1S/C19H22FNO3/c1-19(2,11-21)16-9-12(18(22)24-4)5-7-14(16)15-10-13(23-3)6-8-17(15)20/h5-10H,11,21H2,1-4H3. The van der Waals surface area contributed by atoms with Gasteiger partial charge < -0.3 is 15.2 Å². The number of halogens is 1. The molecule has 0 amide bonds. The van der Waals surface area contributed by atoms with Crippen LogP contribution in [0, 0.1) is 5.82 Å². The summed E-state index contributed by atoms with van der Waals surface area (Å²) in [5, 5.41) is 0. The summed E-state index contributed by atoms with van der Waals surface area (Å²) in [6, 6.07) is 9.62. The molecule has 0 fully saturated rings. The minimum atomic E-state index is -0.450. The fourth-order valence-electron chi connectivity index (χ4n) is 2.53. The molecule has 2 aromatic carbocycles. The first-order chi connectivity index (χ1) is 11.3. The van der Waals surface area contributed by atoms with Gasteiger partial charge in [0.05, 0.1) is 19.8 Å². The first-order valence-electron chi connectivity index (χ1n) is 7.61. The van der Waals surface area contributed by atoms with Gasteiger partial charge in [0.25, 0.3) is 0 Å². The number of carbonyl (C=O) groups excluding carboxylic acids is 1. The van der Waals surface area contributed by atoms with E-state index in [1.165, 1.54) is 20.3 Å². The van der Waals surface area contributed by atoms with Crippen LogP contribution in [0.25, 0.3) is 11.1 Å². The predicted octanol–water partition coefficient (Wildman–Crippen LogP) is 3.52. The first-order valence-corrected chi connectivity index (χ1v) is 7.61. The van der Waals surface area contributed by atoms with Crippen molar-refractivity contribution in [1.29, 1.82) is 0 Å².